The van der Waals surface area contributed by atoms with E-state index < -0.39 is 10.0 Å². The van der Waals surface area contributed by atoms with Gasteiger partial charge in [-0.3, -0.25) is 9.10 Å². The van der Waals surface area contributed by atoms with Gasteiger partial charge in [-0.15, -0.1) is 0 Å². The van der Waals surface area contributed by atoms with Crippen molar-refractivity contribution < 1.29 is 13.2 Å². The van der Waals surface area contributed by atoms with E-state index in [0.29, 0.717) is 17.2 Å². The van der Waals surface area contributed by atoms with Gasteiger partial charge in [-0.1, -0.05) is 31.2 Å². The lowest BCUT2D eigenvalue weighted by Gasteiger charge is -2.30. The minimum atomic E-state index is -3.66. The number of hydrogen-bond donors (Lipinski definition) is 0. The van der Waals surface area contributed by atoms with E-state index in [0.717, 1.165) is 25.9 Å². The highest BCUT2D eigenvalue weighted by Gasteiger charge is 2.24. The van der Waals surface area contributed by atoms with Crippen LogP contribution in [0.1, 0.15) is 30.1 Å². The second-order valence-electron chi connectivity index (χ2n) is 6.81. The normalized spacial score (nSPS) is 15.7. The molecule has 0 radical (unpaired) electrons. The predicted octanol–water partition coefficient (Wildman–Crippen LogP) is 3.38. The highest BCUT2D eigenvalue weighted by atomic mass is 32.2. The van der Waals surface area contributed by atoms with Gasteiger partial charge in [0.2, 0.25) is 0 Å². The van der Waals surface area contributed by atoms with E-state index in [4.69, 9.17) is 0 Å². The predicted molar refractivity (Wildman–Crippen MR) is 103 cm³/mol. The number of likely N-dealkylation sites (tertiary alicyclic amines) is 1. The van der Waals surface area contributed by atoms with Gasteiger partial charge in [-0.25, -0.2) is 8.42 Å². The summed E-state index contributed by atoms with van der Waals surface area (Å²) in [4.78, 5) is 14.8. The molecule has 26 heavy (non-hydrogen) atoms. The highest BCUT2D eigenvalue weighted by Crippen LogP contribution is 2.24. The first-order valence-corrected chi connectivity index (χ1v) is 10.3. The lowest BCUT2D eigenvalue weighted by molar-refractivity contribution is 0.0697. The summed E-state index contributed by atoms with van der Waals surface area (Å²) in [6, 6.07) is 15.1. The van der Waals surface area contributed by atoms with Gasteiger partial charge >= 0.3 is 0 Å². The van der Waals surface area contributed by atoms with Crippen molar-refractivity contribution in [3.05, 3.63) is 60.2 Å². The van der Waals surface area contributed by atoms with Crippen molar-refractivity contribution >= 4 is 21.6 Å². The molecule has 2 aromatic rings. The lowest BCUT2D eigenvalue weighted by Crippen LogP contribution is -2.38. The Balaban J connectivity index is 1.84. The fraction of sp³-hybridized carbons (Fsp3) is 0.350. The summed E-state index contributed by atoms with van der Waals surface area (Å²) in [6.45, 7) is 3.70. The second kappa shape index (κ2) is 7.50. The van der Waals surface area contributed by atoms with Crippen LogP contribution in [-0.4, -0.2) is 39.4 Å². The molecule has 0 N–H and O–H groups in total. The first-order chi connectivity index (χ1) is 12.4. The van der Waals surface area contributed by atoms with Crippen LogP contribution >= 0.6 is 0 Å². The molecule has 1 fully saturated rings. The molecule has 1 saturated heterocycles. The maximum absolute atomic E-state index is 12.8. The van der Waals surface area contributed by atoms with E-state index in [1.165, 1.54) is 11.4 Å². The minimum Gasteiger partial charge on any atom is -0.339 e. The molecule has 5 nitrogen and oxygen atoms in total. The van der Waals surface area contributed by atoms with Crippen LogP contribution < -0.4 is 4.31 Å². The Morgan fingerprint density at radius 2 is 1.69 bits per heavy atom. The van der Waals surface area contributed by atoms with Gasteiger partial charge in [0.1, 0.15) is 0 Å². The molecule has 0 saturated carbocycles. The van der Waals surface area contributed by atoms with Crippen molar-refractivity contribution in [2.45, 2.75) is 24.7 Å². The molecule has 0 unspecified atom stereocenters. The fourth-order valence-corrected chi connectivity index (χ4v) is 4.33. The zero-order valence-electron chi connectivity index (χ0n) is 15.1. The molecule has 3 rings (SSSR count). The van der Waals surface area contributed by atoms with Crippen LogP contribution in [0.5, 0.6) is 0 Å². The maximum Gasteiger partial charge on any atom is 0.264 e. The van der Waals surface area contributed by atoms with Gasteiger partial charge in [-0.2, -0.15) is 0 Å². The quantitative estimate of drug-likeness (QED) is 0.827. The Morgan fingerprint density at radius 3 is 2.35 bits per heavy atom. The SMILES string of the molecule is CC1CCN(C(=O)c2cccc(N(C)S(=O)(=O)c3ccccc3)c2)CC1. The molecular weight excluding hydrogens is 348 g/mol. The molecule has 0 atom stereocenters. The van der Waals surface area contributed by atoms with Crippen LogP contribution in [0, 0.1) is 5.92 Å². The number of amides is 1. The van der Waals surface area contributed by atoms with Gasteiger partial charge in [0.25, 0.3) is 15.9 Å². The molecule has 6 heteroatoms. The molecule has 1 amide bonds. The largest absolute Gasteiger partial charge is 0.339 e. The van der Waals surface area contributed by atoms with Gasteiger partial charge in [0, 0.05) is 25.7 Å². The molecular formula is C20H24N2O3S. The molecule has 138 valence electrons. The summed E-state index contributed by atoms with van der Waals surface area (Å²) >= 11 is 0. The Hall–Kier alpha value is -2.34. The lowest BCUT2D eigenvalue weighted by atomic mass is 9.98. The number of sulfonamides is 1. The minimum absolute atomic E-state index is 0.0377. The van der Waals surface area contributed by atoms with E-state index in [-0.39, 0.29) is 10.8 Å². The summed E-state index contributed by atoms with van der Waals surface area (Å²) in [5, 5.41) is 0. The molecule has 0 spiro atoms. The van der Waals surface area contributed by atoms with Gasteiger partial charge in [0.15, 0.2) is 0 Å². The van der Waals surface area contributed by atoms with E-state index in [9.17, 15) is 13.2 Å². The molecule has 0 aliphatic carbocycles. The van der Waals surface area contributed by atoms with Gasteiger partial charge in [-0.05, 0) is 49.1 Å². The summed E-state index contributed by atoms with van der Waals surface area (Å²) < 4.78 is 26.8. The van der Waals surface area contributed by atoms with E-state index >= 15 is 0 Å². The molecule has 1 aliphatic heterocycles. The van der Waals surface area contributed by atoms with E-state index in [1.54, 1.807) is 54.6 Å². The Morgan fingerprint density at radius 1 is 1.04 bits per heavy atom. The molecule has 1 heterocycles. The van der Waals surface area contributed by atoms with E-state index in [1.807, 2.05) is 4.90 Å². The zero-order chi connectivity index (χ0) is 18.7. The van der Waals surface area contributed by atoms with Crippen LogP contribution in [-0.2, 0) is 10.0 Å². The topological polar surface area (TPSA) is 57.7 Å². The van der Waals surface area contributed by atoms with Crippen LogP contribution in [0.4, 0.5) is 5.69 Å². The zero-order valence-corrected chi connectivity index (χ0v) is 15.9. The smallest absolute Gasteiger partial charge is 0.264 e. The number of carbonyl (C=O) groups excluding carboxylic acids is 1. The highest BCUT2D eigenvalue weighted by molar-refractivity contribution is 7.92. The number of nitrogens with zero attached hydrogens (tertiary/aromatic N) is 2. The summed E-state index contributed by atoms with van der Waals surface area (Å²) in [5.74, 6) is 0.608. The first kappa shape index (κ1) is 18.5. The standard InChI is InChI=1S/C20H24N2O3S/c1-16-11-13-22(14-12-16)20(23)17-7-6-8-18(15-17)21(2)26(24,25)19-9-4-3-5-10-19/h3-10,15-16H,11-14H2,1-2H3. The van der Waals surface area contributed by atoms with Crippen molar-refractivity contribution in [1.29, 1.82) is 0 Å². The molecule has 0 bridgehead atoms. The Kier molecular flexibility index (Phi) is 5.32. The maximum atomic E-state index is 12.8. The van der Waals surface area contributed by atoms with Crippen LogP contribution in [0.15, 0.2) is 59.5 Å². The van der Waals surface area contributed by atoms with Crippen molar-refractivity contribution in [3.8, 4) is 0 Å². The third-order valence-electron chi connectivity index (χ3n) is 4.93. The van der Waals surface area contributed by atoms with Crippen molar-refractivity contribution in [1.82, 2.24) is 4.90 Å². The fourth-order valence-electron chi connectivity index (χ4n) is 3.12. The number of carbonyl (C=O) groups is 1. The van der Waals surface area contributed by atoms with Crippen LogP contribution in [0.3, 0.4) is 0 Å². The molecule has 0 aromatic heterocycles. The third kappa shape index (κ3) is 3.75. The van der Waals surface area contributed by atoms with Crippen molar-refractivity contribution in [3.63, 3.8) is 0 Å². The third-order valence-corrected chi connectivity index (χ3v) is 6.73. The Bertz CT molecular complexity index is 873. The monoisotopic (exact) mass is 372 g/mol. The first-order valence-electron chi connectivity index (χ1n) is 8.83. The molecule has 2 aromatic carbocycles. The summed E-state index contributed by atoms with van der Waals surface area (Å²) in [7, 11) is -2.15. The Labute approximate surface area is 155 Å². The number of rotatable bonds is 4. The number of piperidine rings is 1. The van der Waals surface area contributed by atoms with Gasteiger partial charge in [0.05, 0.1) is 10.6 Å². The number of benzene rings is 2. The second-order valence-corrected chi connectivity index (χ2v) is 8.78. The number of anilines is 1. The average molecular weight is 372 g/mol. The van der Waals surface area contributed by atoms with E-state index in [2.05, 4.69) is 6.92 Å². The van der Waals surface area contributed by atoms with Gasteiger partial charge < -0.3 is 4.90 Å². The summed E-state index contributed by atoms with van der Waals surface area (Å²) in [5.41, 5.74) is 0.997. The summed E-state index contributed by atoms with van der Waals surface area (Å²) in [6.07, 6.45) is 2.02. The average Bonchev–Trinajstić information content (AvgIpc) is 2.68. The van der Waals surface area contributed by atoms with Crippen molar-refractivity contribution in [2.75, 3.05) is 24.4 Å². The number of hydrogen-bond acceptors (Lipinski definition) is 3. The van der Waals surface area contributed by atoms with Crippen LogP contribution in [0.2, 0.25) is 0 Å². The van der Waals surface area contributed by atoms with Crippen LogP contribution in [0.25, 0.3) is 0 Å². The van der Waals surface area contributed by atoms with Crippen molar-refractivity contribution in [2.24, 2.45) is 5.92 Å². The molecule has 1 aliphatic rings.